The molecule has 3 aromatic carbocycles. The van der Waals surface area contributed by atoms with Crippen LogP contribution in [0.1, 0.15) is 20.3 Å². The first-order valence-electron chi connectivity index (χ1n) is 13.8. The third kappa shape index (κ3) is 7.63. The third-order valence-corrected chi connectivity index (χ3v) is 8.25. The Balaban J connectivity index is 1.41. The van der Waals surface area contributed by atoms with Crippen LogP contribution in [0.5, 0.6) is 17.2 Å². The van der Waals surface area contributed by atoms with Crippen LogP contribution in [0.3, 0.4) is 0 Å². The molecule has 1 fully saturated rings. The van der Waals surface area contributed by atoms with E-state index in [0.717, 1.165) is 17.9 Å². The summed E-state index contributed by atoms with van der Waals surface area (Å²) in [6, 6.07) is 20.5. The Bertz CT molecular complexity index is 1540. The molecule has 42 heavy (non-hydrogen) atoms. The number of amides is 1. The van der Waals surface area contributed by atoms with Gasteiger partial charge in [-0.25, -0.2) is 9.97 Å². The number of fused-ring (bicyclic) bond motifs is 1. The number of para-hydroxylation sites is 1. The molecule has 1 aliphatic heterocycles. The molecule has 0 radical (unpaired) electrons. The molecule has 220 valence electrons. The van der Waals surface area contributed by atoms with Crippen LogP contribution < -0.4 is 20.1 Å². The fraction of sp³-hybridized carbons (Fsp3) is 0.300. The SMILES string of the molecule is CCOP(=O)(CC(=O)Nc1cc2c(Nc3ccc(Oc4ccccc4)cc3)ncnc2cc1O[C@H]1CCOC1)OCC. The highest BCUT2D eigenvalue weighted by Crippen LogP contribution is 2.48. The average Bonchev–Trinajstić information content (AvgIpc) is 3.48. The summed E-state index contributed by atoms with van der Waals surface area (Å²) in [5, 5.41) is 6.80. The van der Waals surface area contributed by atoms with Gasteiger partial charge in [-0.2, -0.15) is 0 Å². The Labute approximate surface area is 244 Å². The van der Waals surface area contributed by atoms with Crippen molar-refractivity contribution in [1.29, 1.82) is 0 Å². The van der Waals surface area contributed by atoms with Crippen molar-refractivity contribution < 1.29 is 32.6 Å². The number of anilines is 3. The van der Waals surface area contributed by atoms with E-state index >= 15 is 0 Å². The van der Waals surface area contributed by atoms with Gasteiger partial charge in [0.15, 0.2) is 0 Å². The summed E-state index contributed by atoms with van der Waals surface area (Å²) in [5.41, 5.74) is 1.76. The van der Waals surface area contributed by atoms with Crippen LogP contribution in [-0.4, -0.2) is 54.6 Å². The van der Waals surface area contributed by atoms with Gasteiger partial charge in [0.2, 0.25) is 5.91 Å². The van der Waals surface area contributed by atoms with Gasteiger partial charge in [0.05, 0.1) is 37.6 Å². The molecule has 12 heteroatoms. The number of carbonyl (C=O) groups is 1. The molecular weight excluding hydrogens is 559 g/mol. The highest BCUT2D eigenvalue weighted by atomic mass is 31.2. The molecule has 0 aliphatic carbocycles. The zero-order valence-corrected chi connectivity index (χ0v) is 24.3. The Kier molecular flexibility index (Phi) is 9.66. The monoisotopic (exact) mass is 592 g/mol. The summed E-state index contributed by atoms with van der Waals surface area (Å²) in [6.45, 7) is 4.74. The predicted octanol–water partition coefficient (Wildman–Crippen LogP) is 6.54. The summed E-state index contributed by atoms with van der Waals surface area (Å²) in [6.07, 6.45) is 1.56. The first kappa shape index (κ1) is 29.5. The van der Waals surface area contributed by atoms with Gasteiger partial charge in [0, 0.05) is 23.6 Å². The maximum atomic E-state index is 13.1. The molecule has 0 unspecified atom stereocenters. The van der Waals surface area contributed by atoms with Crippen molar-refractivity contribution in [2.45, 2.75) is 26.4 Å². The molecule has 5 rings (SSSR count). The summed E-state index contributed by atoms with van der Waals surface area (Å²) in [5.74, 6) is 1.85. The lowest BCUT2D eigenvalue weighted by molar-refractivity contribution is -0.114. The molecule has 2 N–H and O–H groups in total. The molecule has 0 saturated carbocycles. The van der Waals surface area contributed by atoms with Crippen molar-refractivity contribution in [2.24, 2.45) is 0 Å². The minimum atomic E-state index is -3.61. The molecule has 2 heterocycles. The fourth-order valence-corrected chi connectivity index (χ4v) is 5.89. The molecule has 4 aromatic rings. The van der Waals surface area contributed by atoms with Gasteiger partial charge in [0.1, 0.15) is 41.7 Å². The lowest BCUT2D eigenvalue weighted by Gasteiger charge is -2.19. The largest absolute Gasteiger partial charge is 0.486 e. The van der Waals surface area contributed by atoms with E-state index in [1.165, 1.54) is 6.33 Å². The van der Waals surface area contributed by atoms with Crippen LogP contribution >= 0.6 is 7.60 Å². The van der Waals surface area contributed by atoms with Gasteiger partial charge in [-0.15, -0.1) is 0 Å². The molecule has 1 aromatic heterocycles. The number of rotatable bonds is 13. The van der Waals surface area contributed by atoms with E-state index < -0.39 is 19.7 Å². The quantitative estimate of drug-likeness (QED) is 0.165. The van der Waals surface area contributed by atoms with Gasteiger partial charge in [0.25, 0.3) is 0 Å². The number of aromatic nitrogens is 2. The lowest BCUT2D eigenvalue weighted by atomic mass is 10.1. The standard InChI is InChI=1S/C30H33N4O7P/c1-3-38-42(36,39-4-2)19-29(35)34-27-16-25-26(17-28(27)41-24-14-15-37-18-24)31-20-32-30(25)33-21-10-12-23(13-11-21)40-22-8-6-5-7-9-22/h5-13,16-17,20,24H,3-4,14-15,18-19H2,1-2H3,(H,34,35)(H,31,32,33)/t24-/m0/s1. The highest BCUT2D eigenvalue weighted by molar-refractivity contribution is 7.54. The number of ether oxygens (including phenoxy) is 3. The van der Waals surface area contributed by atoms with Gasteiger partial charge >= 0.3 is 7.60 Å². The van der Waals surface area contributed by atoms with Crippen molar-refractivity contribution in [2.75, 3.05) is 43.2 Å². The van der Waals surface area contributed by atoms with Crippen molar-refractivity contribution in [1.82, 2.24) is 9.97 Å². The summed E-state index contributed by atoms with van der Waals surface area (Å²) >= 11 is 0. The number of hydrogen-bond acceptors (Lipinski definition) is 10. The van der Waals surface area contributed by atoms with Crippen molar-refractivity contribution in [3.63, 3.8) is 0 Å². The molecule has 0 bridgehead atoms. The Morgan fingerprint density at radius 3 is 2.43 bits per heavy atom. The number of carbonyl (C=O) groups excluding carboxylic acids is 1. The van der Waals surface area contributed by atoms with Crippen LogP contribution in [-0.2, 0) is 23.1 Å². The maximum Gasteiger partial charge on any atom is 0.340 e. The van der Waals surface area contributed by atoms with Crippen molar-refractivity contribution in [3.8, 4) is 17.2 Å². The minimum absolute atomic E-state index is 0.155. The molecule has 1 atom stereocenters. The number of nitrogens with zero attached hydrogens (tertiary/aromatic N) is 2. The second-order valence-corrected chi connectivity index (χ2v) is 11.5. The first-order chi connectivity index (χ1) is 20.4. The van der Waals surface area contributed by atoms with Crippen molar-refractivity contribution >= 4 is 41.6 Å². The third-order valence-electron chi connectivity index (χ3n) is 6.28. The van der Waals surface area contributed by atoms with Gasteiger partial charge < -0.3 is 33.9 Å². The summed E-state index contributed by atoms with van der Waals surface area (Å²) in [4.78, 5) is 21.9. The average molecular weight is 593 g/mol. The molecule has 1 aliphatic rings. The van der Waals surface area contributed by atoms with E-state index in [0.29, 0.717) is 47.1 Å². The van der Waals surface area contributed by atoms with E-state index in [-0.39, 0.29) is 19.3 Å². The molecule has 11 nitrogen and oxygen atoms in total. The molecule has 1 saturated heterocycles. The normalized spacial score (nSPS) is 15.0. The Hall–Kier alpha value is -4.02. The van der Waals surface area contributed by atoms with Crippen LogP contribution in [0.15, 0.2) is 73.1 Å². The molecular formula is C30H33N4O7P. The Morgan fingerprint density at radius 1 is 1.00 bits per heavy atom. The smallest absolute Gasteiger partial charge is 0.340 e. The van der Waals surface area contributed by atoms with Crippen LogP contribution in [0, 0.1) is 0 Å². The highest BCUT2D eigenvalue weighted by Gasteiger charge is 2.29. The topological polar surface area (TPSA) is 130 Å². The van der Waals surface area contributed by atoms with E-state index in [2.05, 4.69) is 20.6 Å². The van der Waals surface area contributed by atoms with Crippen molar-refractivity contribution in [3.05, 3.63) is 73.1 Å². The maximum absolute atomic E-state index is 13.1. The minimum Gasteiger partial charge on any atom is -0.486 e. The summed E-state index contributed by atoms with van der Waals surface area (Å²) in [7, 11) is -3.61. The number of nitrogens with one attached hydrogen (secondary N) is 2. The first-order valence-corrected chi connectivity index (χ1v) is 15.5. The van der Waals surface area contributed by atoms with Crippen LogP contribution in [0.4, 0.5) is 17.2 Å². The van der Waals surface area contributed by atoms with Gasteiger partial charge in [-0.1, -0.05) is 18.2 Å². The second kappa shape index (κ2) is 13.8. The number of hydrogen-bond donors (Lipinski definition) is 2. The predicted molar refractivity (Wildman–Crippen MR) is 160 cm³/mol. The van der Waals surface area contributed by atoms with Crippen LogP contribution in [0.25, 0.3) is 10.9 Å². The van der Waals surface area contributed by atoms with E-state index in [4.69, 9.17) is 23.3 Å². The van der Waals surface area contributed by atoms with Gasteiger partial charge in [-0.3, -0.25) is 9.36 Å². The van der Waals surface area contributed by atoms with Gasteiger partial charge in [-0.05, 0) is 56.3 Å². The molecule has 1 amide bonds. The lowest BCUT2D eigenvalue weighted by Crippen LogP contribution is -2.21. The zero-order chi connectivity index (χ0) is 29.4. The van der Waals surface area contributed by atoms with E-state index in [1.54, 1.807) is 26.0 Å². The zero-order valence-electron chi connectivity index (χ0n) is 23.4. The second-order valence-electron chi connectivity index (χ2n) is 9.41. The summed E-state index contributed by atoms with van der Waals surface area (Å²) < 4.78 is 41.1. The number of benzene rings is 3. The fourth-order valence-electron chi connectivity index (χ4n) is 4.42. The van der Waals surface area contributed by atoms with Crippen LogP contribution in [0.2, 0.25) is 0 Å². The van der Waals surface area contributed by atoms with E-state index in [1.807, 2.05) is 54.6 Å². The molecule has 0 spiro atoms. The van der Waals surface area contributed by atoms with E-state index in [9.17, 15) is 9.36 Å². The Morgan fingerprint density at radius 2 is 1.74 bits per heavy atom.